The largest absolute Gasteiger partial charge is 0.404 e. The van der Waals surface area contributed by atoms with Crippen molar-refractivity contribution in [3.05, 3.63) is 0 Å². The van der Waals surface area contributed by atoms with Crippen molar-refractivity contribution in [2.24, 2.45) is 16.7 Å². The van der Waals surface area contributed by atoms with Crippen LogP contribution in [0.25, 0.3) is 0 Å². The molecule has 0 aromatic rings. The van der Waals surface area contributed by atoms with Gasteiger partial charge in [-0.25, -0.2) is 0 Å². The van der Waals surface area contributed by atoms with E-state index in [0.29, 0.717) is 12.3 Å². The molecule has 134 valence electrons. The highest BCUT2D eigenvalue weighted by Crippen LogP contribution is 2.71. The molecular formula is C18H33ClO3Si. The van der Waals surface area contributed by atoms with Crippen LogP contribution in [0.3, 0.4) is 0 Å². The molecule has 0 unspecified atom stereocenters. The predicted octanol–water partition coefficient (Wildman–Crippen LogP) is 4.37. The van der Waals surface area contributed by atoms with E-state index in [1.54, 1.807) is 0 Å². The van der Waals surface area contributed by atoms with Crippen LogP contribution in [0.5, 0.6) is 0 Å². The third-order valence-corrected chi connectivity index (χ3v) is 8.20. The van der Waals surface area contributed by atoms with Crippen LogP contribution < -0.4 is 0 Å². The fourth-order valence-corrected chi connectivity index (χ4v) is 6.76. The summed E-state index contributed by atoms with van der Waals surface area (Å²) in [6.07, 6.45) is 2.56. The van der Waals surface area contributed by atoms with Gasteiger partial charge in [-0.05, 0) is 56.7 Å². The smallest absolute Gasteiger partial charge is 0.185 e. The van der Waals surface area contributed by atoms with Gasteiger partial charge in [0.15, 0.2) is 14.1 Å². The van der Waals surface area contributed by atoms with Gasteiger partial charge in [0, 0.05) is 5.41 Å². The third-order valence-electron chi connectivity index (χ3n) is 6.75. The summed E-state index contributed by atoms with van der Waals surface area (Å²) in [6, 6.07) is 0. The highest BCUT2D eigenvalue weighted by Gasteiger charge is 2.73. The number of hydrogen-bond acceptors (Lipinski definition) is 3. The minimum Gasteiger partial charge on any atom is -0.404 e. The van der Waals surface area contributed by atoms with Gasteiger partial charge in [-0.1, -0.05) is 27.7 Å². The number of halogens is 1. The molecular weight excluding hydrogens is 328 g/mol. The van der Waals surface area contributed by atoms with Crippen molar-refractivity contribution in [3.8, 4) is 0 Å². The van der Waals surface area contributed by atoms with Crippen molar-refractivity contribution in [2.45, 2.75) is 90.1 Å². The first-order chi connectivity index (χ1) is 10.3. The van der Waals surface area contributed by atoms with E-state index in [1.807, 2.05) is 6.92 Å². The first-order valence-electron chi connectivity index (χ1n) is 8.89. The second kappa shape index (κ2) is 5.82. The van der Waals surface area contributed by atoms with Crippen molar-refractivity contribution in [2.75, 3.05) is 0 Å². The van der Waals surface area contributed by atoms with Gasteiger partial charge in [-0.3, -0.25) is 4.79 Å². The Morgan fingerprint density at radius 3 is 2.26 bits per heavy atom. The van der Waals surface area contributed by atoms with Crippen LogP contribution in [0.15, 0.2) is 0 Å². The van der Waals surface area contributed by atoms with Gasteiger partial charge in [-0.15, -0.1) is 11.6 Å². The minimum atomic E-state index is -1.96. The predicted molar refractivity (Wildman–Crippen MR) is 97.3 cm³/mol. The van der Waals surface area contributed by atoms with E-state index < -0.39 is 25.4 Å². The Balaban J connectivity index is 2.50. The molecule has 0 spiro atoms. The fourth-order valence-electron chi connectivity index (χ4n) is 4.95. The highest BCUT2D eigenvalue weighted by atomic mass is 35.5. The lowest BCUT2D eigenvalue weighted by Gasteiger charge is -2.50. The number of carbonyl (C=O) groups excluding carboxylic acids is 1. The summed E-state index contributed by atoms with van der Waals surface area (Å²) in [5, 5.41) is 9.27. The Morgan fingerprint density at radius 2 is 1.91 bits per heavy atom. The zero-order valence-electron chi connectivity index (χ0n) is 15.7. The zero-order valence-corrected chi connectivity index (χ0v) is 17.5. The van der Waals surface area contributed by atoms with E-state index in [-0.39, 0.29) is 16.6 Å². The van der Waals surface area contributed by atoms with Gasteiger partial charge in [0.1, 0.15) is 11.0 Å². The molecule has 2 aliphatic rings. The molecule has 2 bridgehead atoms. The molecule has 0 saturated heterocycles. The molecule has 0 aliphatic heterocycles. The second-order valence-electron chi connectivity index (χ2n) is 9.28. The molecule has 1 N–H and O–H groups in total. The topological polar surface area (TPSA) is 46.5 Å². The number of rotatable bonds is 6. The Hall–Kier alpha value is 0.0969. The third kappa shape index (κ3) is 2.74. The van der Waals surface area contributed by atoms with Crippen LogP contribution in [-0.4, -0.2) is 36.3 Å². The quantitative estimate of drug-likeness (QED) is 0.565. The zero-order chi connectivity index (χ0) is 17.8. The first kappa shape index (κ1) is 19.4. The van der Waals surface area contributed by atoms with Gasteiger partial charge >= 0.3 is 0 Å². The van der Waals surface area contributed by atoms with Crippen LogP contribution in [0, 0.1) is 16.7 Å². The van der Waals surface area contributed by atoms with E-state index in [4.69, 9.17) is 16.0 Å². The van der Waals surface area contributed by atoms with E-state index in [1.165, 1.54) is 0 Å². The minimum absolute atomic E-state index is 0.0517. The molecule has 5 atom stereocenters. The number of aliphatic hydroxyl groups is 1. The van der Waals surface area contributed by atoms with Crippen LogP contribution in [0.4, 0.5) is 0 Å². The van der Waals surface area contributed by atoms with Crippen LogP contribution >= 0.6 is 11.6 Å². The Kier molecular flexibility index (Phi) is 4.92. The van der Waals surface area contributed by atoms with Crippen LogP contribution in [0.1, 0.15) is 53.4 Å². The summed E-state index contributed by atoms with van der Waals surface area (Å²) in [5.74, 6) is 0.393. The average molecular weight is 361 g/mol. The standard InChI is InChI=1S/C18H33ClO3Si/c1-8-13(20)14(19)15(21)18(22-23(5,6)7)11-12-9-10-17(18,4)16(12,2)3/h12-14,20H,8-11H2,1-7H3/t12-,13+,14-,17-,18+/m1/s1. The maximum atomic E-state index is 13.4. The van der Waals surface area contributed by atoms with E-state index in [9.17, 15) is 9.90 Å². The number of aliphatic hydroxyl groups excluding tert-OH is 1. The second-order valence-corrected chi connectivity index (χ2v) is 14.2. The van der Waals surface area contributed by atoms with Gasteiger partial charge in [0.2, 0.25) is 0 Å². The summed E-state index contributed by atoms with van der Waals surface area (Å²) < 4.78 is 6.63. The molecule has 2 rings (SSSR count). The first-order valence-corrected chi connectivity index (χ1v) is 12.7. The van der Waals surface area contributed by atoms with Crippen molar-refractivity contribution in [1.82, 2.24) is 0 Å². The Morgan fingerprint density at radius 1 is 1.35 bits per heavy atom. The Bertz CT molecular complexity index is 487. The summed E-state index contributed by atoms with van der Waals surface area (Å²) >= 11 is 6.41. The molecule has 0 amide bonds. The molecule has 0 heterocycles. The maximum Gasteiger partial charge on any atom is 0.185 e. The number of ketones is 1. The van der Waals surface area contributed by atoms with E-state index >= 15 is 0 Å². The Labute approximate surface area is 147 Å². The SMILES string of the molecule is CC[C@H](O)[C@@H](Cl)C(=O)[C@@]1(O[Si](C)(C)C)C[C@H]2CC[C@]1(C)C2(C)C. The molecule has 23 heavy (non-hydrogen) atoms. The molecule has 2 fully saturated rings. The molecule has 5 heteroatoms. The van der Waals surface area contributed by atoms with Crippen molar-refractivity contribution >= 4 is 25.7 Å². The average Bonchev–Trinajstić information content (AvgIpc) is 2.75. The van der Waals surface area contributed by atoms with Crippen molar-refractivity contribution < 1.29 is 14.3 Å². The van der Waals surface area contributed by atoms with Crippen LogP contribution in [0.2, 0.25) is 19.6 Å². The molecule has 2 aliphatic carbocycles. The van der Waals surface area contributed by atoms with E-state index in [0.717, 1.165) is 19.3 Å². The summed E-state index contributed by atoms with van der Waals surface area (Å²) in [7, 11) is -1.96. The molecule has 0 radical (unpaired) electrons. The highest BCUT2D eigenvalue weighted by molar-refractivity contribution is 6.70. The van der Waals surface area contributed by atoms with Crippen LogP contribution in [-0.2, 0) is 9.22 Å². The van der Waals surface area contributed by atoms with Gasteiger partial charge in [0.05, 0.1) is 6.10 Å². The van der Waals surface area contributed by atoms with Gasteiger partial charge in [-0.2, -0.15) is 0 Å². The monoisotopic (exact) mass is 360 g/mol. The number of carbonyl (C=O) groups is 1. The fraction of sp³-hybridized carbons (Fsp3) is 0.944. The lowest BCUT2D eigenvalue weighted by Crippen LogP contribution is -2.61. The number of hydrogen-bond donors (Lipinski definition) is 1. The normalized spacial score (nSPS) is 38.6. The number of Topliss-reactive ketones (excluding diaryl/α,β-unsaturated/α-hetero) is 1. The lowest BCUT2D eigenvalue weighted by atomic mass is 9.62. The van der Waals surface area contributed by atoms with Gasteiger partial charge in [0.25, 0.3) is 0 Å². The molecule has 0 aromatic heterocycles. The molecule has 0 aromatic carbocycles. The maximum absolute atomic E-state index is 13.4. The number of fused-ring (bicyclic) bond motifs is 2. The van der Waals surface area contributed by atoms with Gasteiger partial charge < -0.3 is 9.53 Å². The lowest BCUT2D eigenvalue weighted by molar-refractivity contribution is -0.153. The summed E-state index contributed by atoms with van der Waals surface area (Å²) in [4.78, 5) is 13.4. The molecule has 3 nitrogen and oxygen atoms in total. The summed E-state index contributed by atoms with van der Waals surface area (Å²) in [5.41, 5.74) is -1.01. The molecule has 2 saturated carbocycles. The number of alkyl halides is 1. The summed E-state index contributed by atoms with van der Waals surface area (Å²) in [6.45, 7) is 15.0. The van der Waals surface area contributed by atoms with Crippen molar-refractivity contribution in [1.29, 1.82) is 0 Å². The van der Waals surface area contributed by atoms with Crippen molar-refractivity contribution in [3.63, 3.8) is 0 Å². The van der Waals surface area contributed by atoms with E-state index in [2.05, 4.69) is 40.4 Å².